The van der Waals surface area contributed by atoms with E-state index in [0.717, 1.165) is 26.3 Å². The summed E-state index contributed by atoms with van der Waals surface area (Å²) in [6.45, 7) is 5.13. The topological polar surface area (TPSA) is 50.8 Å². The molecule has 13 heavy (non-hydrogen) atoms. The Balaban J connectivity index is 2.01. The van der Waals surface area contributed by atoms with Crippen molar-refractivity contribution in [1.29, 1.82) is 0 Å². The predicted octanol–water partition coefficient (Wildman–Crippen LogP) is -0.514. The molecule has 1 unspecified atom stereocenters. The Kier molecular flexibility index (Phi) is 2.23. The van der Waals surface area contributed by atoms with E-state index in [1.54, 1.807) is 0 Å². The molecule has 2 fully saturated rings. The van der Waals surface area contributed by atoms with Crippen LogP contribution in [-0.2, 0) is 14.4 Å². The fourth-order valence-corrected chi connectivity index (χ4v) is 1.75. The molecule has 2 saturated heterocycles. The standard InChI is InChI=1S/C8H14N2O3/c1-8(6-7(11)13-9-8)10-2-4-12-5-3-10/h9H,2-6H2,1H3. The number of hydrogen-bond acceptors (Lipinski definition) is 5. The number of carbonyl (C=O) groups is 1. The molecule has 0 saturated carbocycles. The third-order valence-electron chi connectivity index (χ3n) is 2.58. The molecular formula is C8H14N2O3. The highest BCUT2D eigenvalue weighted by molar-refractivity contribution is 5.72. The quantitative estimate of drug-likeness (QED) is 0.597. The Morgan fingerprint density at radius 2 is 2.15 bits per heavy atom. The van der Waals surface area contributed by atoms with Crippen molar-refractivity contribution >= 4 is 5.97 Å². The van der Waals surface area contributed by atoms with E-state index in [-0.39, 0.29) is 11.6 Å². The molecule has 0 amide bonds. The lowest BCUT2D eigenvalue weighted by atomic mass is 10.1. The van der Waals surface area contributed by atoms with E-state index in [4.69, 9.17) is 9.57 Å². The van der Waals surface area contributed by atoms with Crippen molar-refractivity contribution in [2.45, 2.75) is 19.0 Å². The average molecular weight is 186 g/mol. The van der Waals surface area contributed by atoms with Crippen LogP contribution in [0.15, 0.2) is 0 Å². The van der Waals surface area contributed by atoms with Crippen molar-refractivity contribution in [1.82, 2.24) is 10.4 Å². The molecule has 2 aliphatic heterocycles. The summed E-state index contributed by atoms with van der Waals surface area (Å²) in [5.41, 5.74) is 2.44. The van der Waals surface area contributed by atoms with Gasteiger partial charge in [-0.3, -0.25) is 9.69 Å². The third kappa shape index (κ3) is 1.67. The normalized spacial score (nSPS) is 36.2. The van der Waals surface area contributed by atoms with Gasteiger partial charge in [-0.1, -0.05) is 0 Å². The van der Waals surface area contributed by atoms with Crippen LogP contribution >= 0.6 is 0 Å². The van der Waals surface area contributed by atoms with E-state index in [1.807, 2.05) is 6.92 Å². The molecule has 5 nitrogen and oxygen atoms in total. The number of carbonyl (C=O) groups excluding carboxylic acids is 1. The largest absolute Gasteiger partial charge is 0.379 e. The van der Waals surface area contributed by atoms with Crippen LogP contribution < -0.4 is 5.48 Å². The Morgan fingerprint density at radius 3 is 2.69 bits per heavy atom. The van der Waals surface area contributed by atoms with Gasteiger partial charge >= 0.3 is 5.97 Å². The van der Waals surface area contributed by atoms with Gasteiger partial charge in [0, 0.05) is 13.1 Å². The van der Waals surface area contributed by atoms with Crippen LogP contribution in [0.25, 0.3) is 0 Å². The molecule has 2 aliphatic rings. The second-order valence-corrected chi connectivity index (χ2v) is 3.63. The zero-order chi connectivity index (χ0) is 9.31. The minimum absolute atomic E-state index is 0.186. The number of rotatable bonds is 1. The lowest BCUT2D eigenvalue weighted by Gasteiger charge is -2.38. The van der Waals surface area contributed by atoms with Gasteiger partial charge in [-0.2, -0.15) is 0 Å². The van der Waals surface area contributed by atoms with Crippen LogP contribution in [0.3, 0.4) is 0 Å². The lowest BCUT2D eigenvalue weighted by Crippen LogP contribution is -2.56. The van der Waals surface area contributed by atoms with Crippen molar-refractivity contribution in [2.75, 3.05) is 26.3 Å². The third-order valence-corrected chi connectivity index (χ3v) is 2.58. The Hall–Kier alpha value is -0.650. The molecule has 2 rings (SSSR count). The molecule has 0 aromatic heterocycles. The van der Waals surface area contributed by atoms with E-state index in [2.05, 4.69) is 10.4 Å². The molecule has 1 N–H and O–H groups in total. The Bertz CT molecular complexity index is 215. The Labute approximate surface area is 76.9 Å². The molecule has 0 aromatic rings. The highest BCUT2D eigenvalue weighted by atomic mass is 16.7. The number of nitrogens with one attached hydrogen (secondary N) is 1. The summed E-state index contributed by atoms with van der Waals surface area (Å²) in [6.07, 6.45) is 0.410. The molecule has 1 atom stereocenters. The summed E-state index contributed by atoms with van der Waals surface area (Å²) in [5.74, 6) is -0.186. The van der Waals surface area contributed by atoms with Gasteiger partial charge in [0.15, 0.2) is 0 Å². The fourth-order valence-electron chi connectivity index (χ4n) is 1.75. The van der Waals surface area contributed by atoms with Crippen LogP contribution in [0.5, 0.6) is 0 Å². The summed E-state index contributed by atoms with van der Waals surface area (Å²) >= 11 is 0. The molecule has 0 aromatic carbocycles. The van der Waals surface area contributed by atoms with Crippen LogP contribution in [0.4, 0.5) is 0 Å². The summed E-state index contributed by atoms with van der Waals surface area (Å²) < 4.78 is 5.24. The number of hydrogen-bond donors (Lipinski definition) is 1. The number of morpholine rings is 1. The SMILES string of the molecule is CC1(N2CCOCC2)CC(=O)ON1. The fraction of sp³-hybridized carbons (Fsp3) is 0.875. The monoisotopic (exact) mass is 186 g/mol. The maximum atomic E-state index is 11.0. The zero-order valence-electron chi connectivity index (χ0n) is 7.71. The summed E-state index contributed by atoms with van der Waals surface area (Å²) in [6, 6.07) is 0. The van der Waals surface area contributed by atoms with Gasteiger partial charge in [-0.05, 0) is 6.92 Å². The highest BCUT2D eigenvalue weighted by Gasteiger charge is 2.41. The maximum absolute atomic E-state index is 11.0. The number of ether oxygens (including phenoxy) is 1. The van der Waals surface area contributed by atoms with Crippen molar-refractivity contribution < 1.29 is 14.4 Å². The minimum atomic E-state index is -0.332. The Morgan fingerprint density at radius 1 is 1.46 bits per heavy atom. The maximum Gasteiger partial charge on any atom is 0.328 e. The van der Waals surface area contributed by atoms with Crippen LogP contribution in [-0.4, -0.2) is 42.8 Å². The minimum Gasteiger partial charge on any atom is -0.379 e. The molecule has 5 heteroatoms. The first-order chi connectivity index (χ1) is 6.21. The van der Waals surface area contributed by atoms with Gasteiger partial charge < -0.3 is 9.57 Å². The van der Waals surface area contributed by atoms with E-state index < -0.39 is 0 Å². The van der Waals surface area contributed by atoms with Gasteiger partial charge in [0.05, 0.1) is 19.6 Å². The average Bonchev–Trinajstić information content (AvgIpc) is 2.49. The second kappa shape index (κ2) is 3.25. The smallest absolute Gasteiger partial charge is 0.328 e. The summed E-state index contributed by atoms with van der Waals surface area (Å²) in [7, 11) is 0. The first-order valence-corrected chi connectivity index (χ1v) is 4.50. The van der Waals surface area contributed by atoms with Crippen molar-refractivity contribution in [3.05, 3.63) is 0 Å². The highest BCUT2D eigenvalue weighted by Crippen LogP contribution is 2.22. The molecule has 74 valence electrons. The number of hydroxylamine groups is 1. The van der Waals surface area contributed by atoms with E-state index >= 15 is 0 Å². The van der Waals surface area contributed by atoms with Gasteiger partial charge in [-0.25, -0.2) is 0 Å². The molecule has 0 radical (unpaired) electrons. The van der Waals surface area contributed by atoms with Crippen molar-refractivity contribution in [3.8, 4) is 0 Å². The second-order valence-electron chi connectivity index (χ2n) is 3.63. The molecular weight excluding hydrogens is 172 g/mol. The van der Waals surface area contributed by atoms with E-state index in [1.165, 1.54) is 0 Å². The van der Waals surface area contributed by atoms with Crippen molar-refractivity contribution in [3.63, 3.8) is 0 Å². The first-order valence-electron chi connectivity index (χ1n) is 4.50. The summed E-state index contributed by atoms with van der Waals surface area (Å²) in [5, 5.41) is 0. The zero-order valence-corrected chi connectivity index (χ0v) is 7.71. The lowest BCUT2D eigenvalue weighted by molar-refractivity contribution is -0.144. The molecule has 0 bridgehead atoms. The van der Waals surface area contributed by atoms with Crippen LogP contribution in [0, 0.1) is 0 Å². The van der Waals surface area contributed by atoms with Gasteiger partial charge in [0.2, 0.25) is 0 Å². The van der Waals surface area contributed by atoms with E-state index in [0.29, 0.717) is 6.42 Å². The predicted molar refractivity (Wildman–Crippen MR) is 44.6 cm³/mol. The van der Waals surface area contributed by atoms with Crippen molar-refractivity contribution in [2.24, 2.45) is 0 Å². The first kappa shape index (κ1) is 8.93. The molecule has 0 spiro atoms. The van der Waals surface area contributed by atoms with Gasteiger partial charge in [0.1, 0.15) is 5.66 Å². The number of nitrogens with zero attached hydrogens (tertiary/aromatic N) is 1. The van der Waals surface area contributed by atoms with E-state index in [9.17, 15) is 4.79 Å². The molecule has 2 heterocycles. The molecule has 0 aliphatic carbocycles. The summed E-state index contributed by atoms with van der Waals surface area (Å²) in [4.78, 5) is 17.9. The van der Waals surface area contributed by atoms with Gasteiger partial charge in [-0.15, -0.1) is 5.48 Å². The van der Waals surface area contributed by atoms with Crippen LogP contribution in [0.2, 0.25) is 0 Å². The van der Waals surface area contributed by atoms with Gasteiger partial charge in [0.25, 0.3) is 0 Å². The van der Waals surface area contributed by atoms with Crippen LogP contribution in [0.1, 0.15) is 13.3 Å².